The van der Waals surface area contributed by atoms with E-state index in [2.05, 4.69) is 15.2 Å². The Hall–Kier alpha value is -1.52. The summed E-state index contributed by atoms with van der Waals surface area (Å²) in [5, 5.41) is 6.56. The molecule has 0 atom stereocenters. The maximum absolute atomic E-state index is 10.9. The maximum atomic E-state index is 10.9. The quantitative estimate of drug-likeness (QED) is 0.772. The van der Waals surface area contributed by atoms with Gasteiger partial charge < -0.3 is 4.74 Å². The van der Waals surface area contributed by atoms with E-state index in [1.54, 1.807) is 23.9 Å². The summed E-state index contributed by atoms with van der Waals surface area (Å²) in [4.78, 5) is 10.9. The fourth-order valence-corrected chi connectivity index (χ4v) is 0.876. The average Bonchev–Trinajstić information content (AvgIpc) is 2.52. The van der Waals surface area contributed by atoms with Crippen LogP contribution in [-0.2, 0) is 11.3 Å². The number of ether oxygens (including phenoxy) is 1. The molecule has 0 aromatic carbocycles. The third-order valence-corrected chi connectivity index (χ3v) is 1.47. The molecule has 1 heterocycles. The molecule has 1 N–H and O–H groups in total. The number of carbonyl (C=O) groups is 1. The zero-order valence-electron chi connectivity index (χ0n) is 7.78. The lowest BCUT2D eigenvalue weighted by molar-refractivity contribution is 0.168. The number of carbonyl (C=O) groups excluding carboxylic acids is 1. The smallest absolute Gasteiger partial charge is 0.412 e. The summed E-state index contributed by atoms with van der Waals surface area (Å²) in [5.41, 5.74) is 0. The lowest BCUT2D eigenvalue weighted by atomic mass is 10.6. The molecule has 1 aromatic rings. The van der Waals surface area contributed by atoms with Gasteiger partial charge in [-0.05, 0) is 13.8 Å². The normalized spacial score (nSPS) is 9.69. The van der Waals surface area contributed by atoms with Crippen LogP contribution in [0.1, 0.15) is 13.8 Å². The largest absolute Gasteiger partial charge is 0.450 e. The van der Waals surface area contributed by atoms with Crippen molar-refractivity contribution in [3.8, 4) is 0 Å². The van der Waals surface area contributed by atoms with Crippen molar-refractivity contribution in [3.63, 3.8) is 0 Å². The van der Waals surface area contributed by atoms with Crippen molar-refractivity contribution in [1.29, 1.82) is 0 Å². The van der Waals surface area contributed by atoms with E-state index in [1.807, 2.05) is 6.92 Å². The molecular formula is C8H13N3O2. The van der Waals surface area contributed by atoms with Gasteiger partial charge in [-0.15, -0.1) is 0 Å². The van der Waals surface area contributed by atoms with Gasteiger partial charge in [0.1, 0.15) is 0 Å². The van der Waals surface area contributed by atoms with E-state index in [-0.39, 0.29) is 0 Å². The molecule has 0 bridgehead atoms. The Labute approximate surface area is 76.7 Å². The fraction of sp³-hybridized carbons (Fsp3) is 0.500. The second kappa shape index (κ2) is 4.49. The summed E-state index contributed by atoms with van der Waals surface area (Å²) >= 11 is 0. The van der Waals surface area contributed by atoms with Gasteiger partial charge in [-0.1, -0.05) is 0 Å². The van der Waals surface area contributed by atoms with E-state index in [9.17, 15) is 4.79 Å². The number of nitrogens with zero attached hydrogens (tertiary/aromatic N) is 2. The van der Waals surface area contributed by atoms with E-state index in [0.29, 0.717) is 12.4 Å². The Morgan fingerprint density at radius 3 is 3.00 bits per heavy atom. The predicted molar refractivity (Wildman–Crippen MR) is 48.5 cm³/mol. The molecule has 5 heteroatoms. The third-order valence-electron chi connectivity index (χ3n) is 1.47. The Morgan fingerprint density at radius 2 is 2.46 bits per heavy atom. The van der Waals surface area contributed by atoms with Crippen LogP contribution < -0.4 is 5.32 Å². The van der Waals surface area contributed by atoms with Crippen LogP contribution >= 0.6 is 0 Å². The van der Waals surface area contributed by atoms with Gasteiger partial charge in [0.25, 0.3) is 0 Å². The van der Waals surface area contributed by atoms with Crippen LogP contribution in [0.2, 0.25) is 0 Å². The molecule has 1 aromatic heterocycles. The molecule has 72 valence electrons. The molecule has 0 aliphatic rings. The first kappa shape index (κ1) is 9.57. The third kappa shape index (κ3) is 2.77. The van der Waals surface area contributed by atoms with Crippen molar-refractivity contribution in [2.75, 3.05) is 11.9 Å². The predicted octanol–water partition coefficient (Wildman–Crippen LogP) is 1.47. The van der Waals surface area contributed by atoms with Crippen LogP contribution in [0.15, 0.2) is 12.3 Å². The molecule has 0 saturated heterocycles. The summed E-state index contributed by atoms with van der Waals surface area (Å²) in [6, 6.07) is 1.72. The molecule has 0 unspecified atom stereocenters. The molecule has 0 fully saturated rings. The monoisotopic (exact) mass is 183 g/mol. The van der Waals surface area contributed by atoms with E-state index in [1.165, 1.54) is 0 Å². The summed E-state index contributed by atoms with van der Waals surface area (Å²) in [5.74, 6) is 0.514. The lowest BCUT2D eigenvalue weighted by Crippen LogP contribution is -2.13. The van der Waals surface area contributed by atoms with Crippen LogP contribution in [0.4, 0.5) is 10.6 Å². The number of aromatic nitrogens is 2. The first-order chi connectivity index (χ1) is 6.26. The number of amides is 1. The molecule has 0 radical (unpaired) electrons. The van der Waals surface area contributed by atoms with E-state index in [4.69, 9.17) is 0 Å². The van der Waals surface area contributed by atoms with E-state index >= 15 is 0 Å². The zero-order chi connectivity index (χ0) is 9.68. The number of anilines is 1. The van der Waals surface area contributed by atoms with Crippen molar-refractivity contribution in [1.82, 2.24) is 9.78 Å². The van der Waals surface area contributed by atoms with Crippen LogP contribution in [0.5, 0.6) is 0 Å². The number of hydrogen-bond donors (Lipinski definition) is 1. The van der Waals surface area contributed by atoms with Crippen molar-refractivity contribution < 1.29 is 9.53 Å². The van der Waals surface area contributed by atoms with E-state index in [0.717, 1.165) is 6.54 Å². The van der Waals surface area contributed by atoms with Gasteiger partial charge in [-0.3, -0.25) is 10.00 Å². The number of aryl methyl sites for hydroxylation is 1. The molecule has 0 saturated carbocycles. The molecule has 0 aliphatic carbocycles. The first-order valence-electron chi connectivity index (χ1n) is 4.23. The van der Waals surface area contributed by atoms with E-state index < -0.39 is 6.09 Å². The average molecular weight is 183 g/mol. The second-order valence-corrected chi connectivity index (χ2v) is 2.40. The topological polar surface area (TPSA) is 56.1 Å². The highest BCUT2D eigenvalue weighted by Crippen LogP contribution is 2.02. The van der Waals surface area contributed by atoms with Gasteiger partial charge in [-0.25, -0.2) is 4.79 Å². The van der Waals surface area contributed by atoms with Crippen LogP contribution in [-0.4, -0.2) is 22.5 Å². The van der Waals surface area contributed by atoms with Crippen LogP contribution in [0, 0.1) is 0 Å². The van der Waals surface area contributed by atoms with Gasteiger partial charge in [0.2, 0.25) is 0 Å². The highest BCUT2D eigenvalue weighted by atomic mass is 16.5. The van der Waals surface area contributed by atoms with Gasteiger partial charge in [0.15, 0.2) is 5.82 Å². The van der Waals surface area contributed by atoms with Crippen molar-refractivity contribution in [2.45, 2.75) is 20.4 Å². The Kier molecular flexibility index (Phi) is 3.31. The first-order valence-corrected chi connectivity index (χ1v) is 4.23. The van der Waals surface area contributed by atoms with Crippen molar-refractivity contribution in [2.24, 2.45) is 0 Å². The Morgan fingerprint density at radius 1 is 1.69 bits per heavy atom. The van der Waals surface area contributed by atoms with Gasteiger partial charge >= 0.3 is 6.09 Å². The van der Waals surface area contributed by atoms with Crippen LogP contribution in [0.25, 0.3) is 0 Å². The van der Waals surface area contributed by atoms with Crippen molar-refractivity contribution >= 4 is 11.9 Å². The molecule has 1 rings (SSSR count). The van der Waals surface area contributed by atoms with Crippen molar-refractivity contribution in [3.05, 3.63) is 12.3 Å². The number of rotatable bonds is 3. The molecule has 1 amide bonds. The molecular weight excluding hydrogens is 170 g/mol. The second-order valence-electron chi connectivity index (χ2n) is 2.40. The number of nitrogens with one attached hydrogen (secondary N) is 1. The SMILES string of the molecule is CCOC(=O)Nc1ccn(CC)n1. The molecule has 13 heavy (non-hydrogen) atoms. The lowest BCUT2D eigenvalue weighted by Gasteiger charge is -2.00. The Bertz CT molecular complexity index is 283. The van der Waals surface area contributed by atoms with Crippen LogP contribution in [0.3, 0.4) is 0 Å². The van der Waals surface area contributed by atoms with Gasteiger partial charge in [-0.2, -0.15) is 5.10 Å². The molecule has 5 nitrogen and oxygen atoms in total. The fourth-order valence-electron chi connectivity index (χ4n) is 0.876. The standard InChI is InChI=1S/C8H13N3O2/c1-3-11-6-5-7(10-11)9-8(12)13-4-2/h5-6H,3-4H2,1-2H3,(H,9,10,12). The Balaban J connectivity index is 2.49. The van der Waals surface area contributed by atoms with Gasteiger partial charge in [0, 0.05) is 18.8 Å². The summed E-state index contributed by atoms with van der Waals surface area (Å²) in [7, 11) is 0. The number of hydrogen-bond acceptors (Lipinski definition) is 3. The highest BCUT2D eigenvalue weighted by molar-refractivity contribution is 5.83. The maximum Gasteiger partial charge on any atom is 0.412 e. The summed E-state index contributed by atoms with van der Waals surface area (Å²) in [6.07, 6.45) is 1.32. The van der Waals surface area contributed by atoms with Gasteiger partial charge in [0.05, 0.1) is 6.61 Å². The molecule has 0 spiro atoms. The minimum Gasteiger partial charge on any atom is -0.450 e. The minimum absolute atomic E-state index is 0.361. The summed E-state index contributed by atoms with van der Waals surface area (Å²) in [6.45, 7) is 4.87. The highest BCUT2D eigenvalue weighted by Gasteiger charge is 2.03. The molecule has 0 aliphatic heterocycles. The minimum atomic E-state index is -0.469. The summed E-state index contributed by atoms with van der Waals surface area (Å²) < 4.78 is 6.41. The zero-order valence-corrected chi connectivity index (χ0v) is 7.78.